The second kappa shape index (κ2) is 9.54. The minimum Gasteiger partial charge on any atom is -0.449 e. The average Bonchev–Trinajstić information content (AvgIpc) is 3.56. The van der Waals surface area contributed by atoms with Crippen LogP contribution in [0.25, 0.3) is 32.7 Å². The number of carbonyl (C=O) groups excluding carboxylic acids is 2. The van der Waals surface area contributed by atoms with Crippen LogP contribution in [0.2, 0.25) is 0 Å². The van der Waals surface area contributed by atoms with Gasteiger partial charge >= 0.3 is 5.97 Å². The van der Waals surface area contributed by atoms with Crippen LogP contribution in [0.5, 0.6) is 0 Å². The molecule has 1 atom stereocenters. The van der Waals surface area contributed by atoms with Crippen molar-refractivity contribution in [1.82, 2.24) is 9.97 Å². The first-order valence-electron chi connectivity index (χ1n) is 10.5. The van der Waals surface area contributed by atoms with Gasteiger partial charge in [0.15, 0.2) is 11.2 Å². The van der Waals surface area contributed by atoms with Crippen molar-refractivity contribution < 1.29 is 14.3 Å². The van der Waals surface area contributed by atoms with Gasteiger partial charge in [-0.05, 0) is 30.5 Å². The highest BCUT2D eigenvalue weighted by Gasteiger charge is 2.22. The molecule has 0 saturated carbocycles. The van der Waals surface area contributed by atoms with Gasteiger partial charge in [0, 0.05) is 16.3 Å². The first kappa shape index (κ1) is 21.9. The van der Waals surface area contributed by atoms with Crippen LogP contribution in [0, 0.1) is 0 Å². The Morgan fingerprint density at radius 1 is 0.912 bits per heavy atom. The number of hydrogen-bond donors (Lipinski definition) is 1. The number of aromatic nitrogens is 2. The van der Waals surface area contributed by atoms with E-state index >= 15 is 0 Å². The Bertz CT molecular complexity index is 1460. The number of rotatable bonds is 6. The Kier molecular flexibility index (Phi) is 6.16. The van der Waals surface area contributed by atoms with E-state index in [0.717, 1.165) is 16.1 Å². The Morgan fingerprint density at radius 3 is 2.50 bits per heavy atom. The van der Waals surface area contributed by atoms with Crippen LogP contribution in [-0.2, 0) is 9.53 Å². The zero-order valence-electron chi connectivity index (χ0n) is 18.1. The fourth-order valence-electron chi connectivity index (χ4n) is 3.45. The molecular formula is C26H19N3O3S2. The summed E-state index contributed by atoms with van der Waals surface area (Å²) in [6, 6.07) is 22.7. The third-order valence-corrected chi connectivity index (χ3v) is 6.82. The van der Waals surface area contributed by atoms with E-state index in [-0.39, 0.29) is 0 Å². The summed E-state index contributed by atoms with van der Waals surface area (Å²) in [5.74, 6) is -1.03. The summed E-state index contributed by atoms with van der Waals surface area (Å²) in [5, 5.41) is 7.69. The number of thiazole rings is 1. The third-order valence-electron chi connectivity index (χ3n) is 5.17. The predicted octanol–water partition coefficient (Wildman–Crippen LogP) is 6.27. The lowest BCUT2D eigenvalue weighted by Crippen LogP contribution is -2.30. The van der Waals surface area contributed by atoms with Gasteiger partial charge in [-0.15, -0.1) is 22.7 Å². The van der Waals surface area contributed by atoms with Gasteiger partial charge in [0.25, 0.3) is 5.91 Å². The average molecular weight is 486 g/mol. The smallest absolute Gasteiger partial charge is 0.339 e. The van der Waals surface area contributed by atoms with Crippen LogP contribution in [0.3, 0.4) is 0 Å². The van der Waals surface area contributed by atoms with Gasteiger partial charge in [-0.3, -0.25) is 10.1 Å². The number of amides is 1. The maximum atomic E-state index is 13.1. The Labute approximate surface area is 203 Å². The standard InChI is InChI=1S/C26H19N3O3S2/c1-16(24(30)29-26-28-22(15-34-26)17-8-3-2-4-9-17)32-25(31)19-14-21(23-12-7-13-33-23)27-20-11-6-5-10-18(19)20/h2-16H,1H3,(H,28,29,30). The summed E-state index contributed by atoms with van der Waals surface area (Å²) in [6.45, 7) is 1.54. The lowest BCUT2D eigenvalue weighted by Gasteiger charge is -2.14. The molecule has 0 aliphatic rings. The van der Waals surface area contributed by atoms with Gasteiger partial charge in [-0.1, -0.05) is 54.6 Å². The molecule has 0 radical (unpaired) electrons. The molecule has 2 aromatic carbocycles. The zero-order chi connectivity index (χ0) is 23.5. The van der Waals surface area contributed by atoms with E-state index in [1.165, 1.54) is 11.3 Å². The number of esters is 1. The molecule has 1 N–H and O–H groups in total. The highest BCUT2D eigenvalue weighted by Crippen LogP contribution is 2.29. The van der Waals surface area contributed by atoms with Gasteiger partial charge in [-0.2, -0.15) is 0 Å². The van der Waals surface area contributed by atoms with Crippen molar-refractivity contribution in [3.05, 3.63) is 89.1 Å². The number of hydrogen-bond acceptors (Lipinski definition) is 7. The van der Waals surface area contributed by atoms with Crippen molar-refractivity contribution in [3.63, 3.8) is 0 Å². The Hall–Kier alpha value is -3.88. The summed E-state index contributed by atoms with van der Waals surface area (Å²) in [7, 11) is 0. The topological polar surface area (TPSA) is 81.2 Å². The molecule has 1 amide bonds. The van der Waals surface area contributed by atoms with E-state index in [2.05, 4.69) is 15.3 Å². The zero-order valence-corrected chi connectivity index (χ0v) is 19.7. The first-order chi connectivity index (χ1) is 16.6. The van der Waals surface area contributed by atoms with Crippen LogP contribution in [0.4, 0.5) is 5.13 Å². The lowest BCUT2D eigenvalue weighted by molar-refractivity contribution is -0.123. The molecule has 0 bridgehead atoms. The summed E-state index contributed by atoms with van der Waals surface area (Å²) in [4.78, 5) is 35.9. The molecule has 0 aliphatic carbocycles. The van der Waals surface area contributed by atoms with Gasteiger partial charge < -0.3 is 4.74 Å². The van der Waals surface area contributed by atoms with E-state index in [9.17, 15) is 9.59 Å². The molecule has 3 heterocycles. The van der Waals surface area contributed by atoms with Gasteiger partial charge in [0.2, 0.25) is 0 Å². The molecule has 5 aromatic rings. The maximum Gasteiger partial charge on any atom is 0.339 e. The molecule has 0 saturated heterocycles. The highest BCUT2D eigenvalue weighted by molar-refractivity contribution is 7.14. The van der Waals surface area contributed by atoms with Crippen LogP contribution in [-0.4, -0.2) is 27.9 Å². The molecule has 1 unspecified atom stereocenters. The van der Waals surface area contributed by atoms with Crippen molar-refractivity contribution in [2.75, 3.05) is 5.32 Å². The van der Waals surface area contributed by atoms with Crippen LogP contribution >= 0.6 is 22.7 Å². The molecule has 168 valence electrons. The predicted molar refractivity (Wildman–Crippen MR) is 136 cm³/mol. The minimum atomic E-state index is -1.01. The second-order valence-corrected chi connectivity index (χ2v) is 9.30. The molecule has 8 heteroatoms. The summed E-state index contributed by atoms with van der Waals surface area (Å²) < 4.78 is 5.54. The SMILES string of the molecule is CC(OC(=O)c1cc(-c2cccs2)nc2ccccc12)C(=O)Nc1nc(-c2ccccc2)cs1. The number of fused-ring (bicyclic) bond motifs is 1. The number of carbonyl (C=O) groups is 2. The van der Waals surface area contributed by atoms with E-state index < -0.39 is 18.0 Å². The fourth-order valence-corrected chi connectivity index (χ4v) is 4.86. The number of nitrogens with zero attached hydrogens (tertiary/aromatic N) is 2. The number of ether oxygens (including phenoxy) is 1. The maximum absolute atomic E-state index is 13.1. The van der Waals surface area contributed by atoms with E-state index in [4.69, 9.17) is 4.74 Å². The molecular weight excluding hydrogens is 466 g/mol. The van der Waals surface area contributed by atoms with Crippen LogP contribution in [0.15, 0.2) is 83.6 Å². The van der Waals surface area contributed by atoms with Gasteiger partial charge in [0.05, 0.1) is 27.3 Å². The van der Waals surface area contributed by atoms with E-state index in [1.807, 2.05) is 77.5 Å². The lowest BCUT2D eigenvalue weighted by atomic mass is 10.1. The quantitative estimate of drug-likeness (QED) is 0.287. The highest BCUT2D eigenvalue weighted by atomic mass is 32.1. The van der Waals surface area contributed by atoms with E-state index in [0.29, 0.717) is 27.3 Å². The Morgan fingerprint density at radius 2 is 1.71 bits per heavy atom. The number of benzene rings is 2. The van der Waals surface area contributed by atoms with Crippen molar-refractivity contribution in [2.24, 2.45) is 0 Å². The normalized spacial score (nSPS) is 11.8. The van der Waals surface area contributed by atoms with Crippen molar-refractivity contribution >= 4 is 50.6 Å². The number of pyridine rings is 1. The number of nitrogens with one attached hydrogen (secondary N) is 1. The summed E-state index contributed by atoms with van der Waals surface area (Å²) in [5.41, 5.74) is 3.48. The number of thiophene rings is 1. The third kappa shape index (κ3) is 4.59. The van der Waals surface area contributed by atoms with Crippen molar-refractivity contribution in [1.29, 1.82) is 0 Å². The second-order valence-electron chi connectivity index (χ2n) is 7.49. The first-order valence-corrected chi connectivity index (χ1v) is 12.3. The molecule has 0 aliphatic heterocycles. The van der Waals surface area contributed by atoms with Gasteiger partial charge in [-0.25, -0.2) is 14.8 Å². The van der Waals surface area contributed by atoms with Crippen LogP contribution in [0.1, 0.15) is 17.3 Å². The minimum absolute atomic E-state index is 0.370. The Balaban J connectivity index is 1.33. The monoisotopic (exact) mass is 485 g/mol. The number of anilines is 1. The molecule has 34 heavy (non-hydrogen) atoms. The van der Waals surface area contributed by atoms with E-state index in [1.54, 1.807) is 24.3 Å². The van der Waals surface area contributed by atoms with Crippen LogP contribution < -0.4 is 5.32 Å². The molecule has 3 aromatic heterocycles. The molecule has 0 spiro atoms. The largest absolute Gasteiger partial charge is 0.449 e. The van der Waals surface area contributed by atoms with Gasteiger partial charge in [0.1, 0.15) is 0 Å². The summed E-state index contributed by atoms with van der Waals surface area (Å²) in [6.07, 6.45) is -1.01. The number of para-hydroxylation sites is 1. The van der Waals surface area contributed by atoms with Crippen molar-refractivity contribution in [2.45, 2.75) is 13.0 Å². The molecule has 6 nitrogen and oxygen atoms in total. The molecule has 0 fully saturated rings. The van der Waals surface area contributed by atoms with Crippen molar-refractivity contribution in [3.8, 4) is 21.8 Å². The summed E-state index contributed by atoms with van der Waals surface area (Å²) >= 11 is 2.86. The molecule has 5 rings (SSSR count). The fraction of sp³-hybridized carbons (Fsp3) is 0.0769.